The van der Waals surface area contributed by atoms with Gasteiger partial charge in [0.25, 0.3) is 11.8 Å². The molecule has 2 aliphatic rings. The number of thiazole rings is 1. The highest BCUT2D eigenvalue weighted by Crippen LogP contribution is 2.41. The Bertz CT molecular complexity index is 1130. The van der Waals surface area contributed by atoms with Gasteiger partial charge in [-0.25, -0.2) is 14.6 Å². The lowest BCUT2D eigenvalue weighted by atomic mass is 10.0. The van der Waals surface area contributed by atoms with Crippen LogP contribution in [0.3, 0.4) is 0 Å². The summed E-state index contributed by atoms with van der Waals surface area (Å²) in [7, 11) is 2.71. The van der Waals surface area contributed by atoms with Gasteiger partial charge < -0.3 is 34.8 Å². The van der Waals surface area contributed by atoms with E-state index in [4.69, 9.17) is 29.5 Å². The van der Waals surface area contributed by atoms with Crippen LogP contribution < -0.4 is 11.1 Å². The van der Waals surface area contributed by atoms with Gasteiger partial charge in [0.1, 0.15) is 29.9 Å². The number of nitrogen functional groups attached to an aromatic ring is 1. The van der Waals surface area contributed by atoms with E-state index in [0.717, 1.165) is 11.3 Å². The number of fused-ring (bicyclic) bond motifs is 1. The van der Waals surface area contributed by atoms with Crippen LogP contribution in [0.25, 0.3) is 0 Å². The van der Waals surface area contributed by atoms with E-state index in [-0.39, 0.29) is 45.8 Å². The number of carbonyl (C=O) groups excluding carboxylic acids is 4. The maximum atomic E-state index is 13.1. The Morgan fingerprint density at radius 1 is 1.24 bits per heavy atom. The fourth-order valence-electron chi connectivity index (χ4n) is 3.45. The molecular weight excluding hydrogens is 610 g/mol. The van der Waals surface area contributed by atoms with Crippen molar-refractivity contribution in [1.82, 2.24) is 15.2 Å². The Balaban J connectivity index is 0.00000507. The lowest BCUT2D eigenvalue weighted by Crippen LogP contribution is -2.71. The number of hydrogen-bond donors (Lipinski definition) is 2. The molecule has 1 aromatic heterocycles. The largest absolute Gasteiger partial charge is 0.511 e. The van der Waals surface area contributed by atoms with Gasteiger partial charge >= 0.3 is 12.1 Å². The first-order valence-corrected chi connectivity index (χ1v) is 12.9. The molecule has 2 aliphatic heterocycles. The Kier molecular flexibility index (Phi) is 11.4. The number of ether oxygens (including phenoxy) is 4. The van der Waals surface area contributed by atoms with Crippen LogP contribution in [0.15, 0.2) is 21.8 Å². The van der Waals surface area contributed by atoms with Gasteiger partial charge in [0.2, 0.25) is 6.29 Å². The molecule has 3 atom stereocenters. The number of hydrogen-bond acceptors (Lipinski definition) is 14. The molecule has 1 aromatic rings. The summed E-state index contributed by atoms with van der Waals surface area (Å²) in [5.41, 5.74) is 6.15. The summed E-state index contributed by atoms with van der Waals surface area (Å²) in [6.07, 6.45) is -2.71. The predicted molar refractivity (Wildman–Crippen MR) is 143 cm³/mol. The van der Waals surface area contributed by atoms with Crippen LogP contribution in [0.4, 0.5) is 9.93 Å². The zero-order valence-electron chi connectivity index (χ0n) is 21.1. The molecule has 3 rings (SSSR count). The highest BCUT2D eigenvalue weighted by Gasteiger charge is 2.55. The van der Waals surface area contributed by atoms with Crippen LogP contribution >= 0.6 is 40.1 Å². The number of esters is 1. The summed E-state index contributed by atoms with van der Waals surface area (Å²) in [5.74, 6) is -1.81. The average molecular weight is 639 g/mol. The van der Waals surface area contributed by atoms with E-state index in [2.05, 4.69) is 15.5 Å². The van der Waals surface area contributed by atoms with Crippen molar-refractivity contribution in [2.24, 2.45) is 5.16 Å². The molecule has 0 aliphatic carbocycles. The van der Waals surface area contributed by atoms with Crippen molar-refractivity contribution in [3.05, 3.63) is 22.3 Å². The highest BCUT2D eigenvalue weighted by atomic mass is 79.9. The first-order valence-electron chi connectivity index (χ1n) is 10.9. The van der Waals surface area contributed by atoms with Gasteiger partial charge in [0, 0.05) is 25.2 Å². The van der Waals surface area contributed by atoms with E-state index in [9.17, 15) is 19.2 Å². The summed E-state index contributed by atoms with van der Waals surface area (Å²) in [6, 6.07) is -0.961. The fourth-order valence-corrected chi connectivity index (χ4v) is 5.32. The monoisotopic (exact) mass is 637 g/mol. The standard InChI is InChI=1S/C21H27N5O9S2.BrH/c1-9(2)33-21(30)35-10(3)34-19(29)15-11(6-31-4)7-36-18-14(17(28)26(15)18)24-16(27)13(25-32-5)12-8-37-20(22)23-12;/h8-10,14,18H,6-7H2,1-5H3,(H2,22,23)(H,24,27);1H/b25-13-;/t10?,14-,18-;/m1./s1. The van der Waals surface area contributed by atoms with Crippen molar-refractivity contribution < 1.29 is 43.0 Å². The smallest absolute Gasteiger partial charge is 0.431 e. The number of carbonyl (C=O) groups is 4. The first-order chi connectivity index (χ1) is 17.6. The lowest BCUT2D eigenvalue weighted by Gasteiger charge is -2.49. The van der Waals surface area contributed by atoms with Gasteiger partial charge in [-0.15, -0.1) is 40.1 Å². The molecular formula is C21H28BrN5O9S2. The number of amides is 2. The molecule has 0 bridgehead atoms. The van der Waals surface area contributed by atoms with Gasteiger partial charge in [-0.05, 0) is 19.4 Å². The number of oxime groups is 1. The van der Waals surface area contributed by atoms with E-state index < -0.39 is 47.7 Å². The number of halogens is 1. The molecule has 2 amide bonds. The number of nitrogens with two attached hydrogens (primary N) is 1. The number of anilines is 1. The number of aromatic nitrogens is 1. The van der Waals surface area contributed by atoms with E-state index in [0.29, 0.717) is 11.3 Å². The van der Waals surface area contributed by atoms with Crippen LogP contribution in [-0.2, 0) is 38.2 Å². The number of nitrogens with one attached hydrogen (secondary N) is 1. The number of β-lactam (4-membered cyclic amide) rings is 1. The molecule has 0 spiro atoms. The third kappa shape index (κ3) is 7.15. The summed E-state index contributed by atoms with van der Waals surface area (Å²) < 4.78 is 20.2. The summed E-state index contributed by atoms with van der Waals surface area (Å²) in [4.78, 5) is 60.8. The minimum absolute atomic E-state index is 0. The van der Waals surface area contributed by atoms with E-state index in [1.54, 1.807) is 13.8 Å². The minimum atomic E-state index is -1.28. The first kappa shape index (κ1) is 31.3. The van der Waals surface area contributed by atoms with Crippen molar-refractivity contribution in [2.75, 3.05) is 32.3 Å². The maximum absolute atomic E-state index is 13.1. The zero-order valence-corrected chi connectivity index (χ0v) is 24.5. The van der Waals surface area contributed by atoms with Crippen molar-refractivity contribution in [2.45, 2.75) is 44.6 Å². The SMILES string of the molecule is Br.COCC1=C(C(=O)OC(C)OC(=O)OC(C)C)N2C(=O)[C@@H](NC(=O)/C(=N\OC)c3csc(N)n3)[C@H]2SC1. The van der Waals surface area contributed by atoms with Gasteiger partial charge in [0.05, 0.1) is 12.7 Å². The van der Waals surface area contributed by atoms with Gasteiger partial charge in [0.15, 0.2) is 10.8 Å². The Labute approximate surface area is 237 Å². The summed E-state index contributed by atoms with van der Waals surface area (Å²) in [5, 5.41) is 7.49. The zero-order chi connectivity index (χ0) is 27.3. The number of methoxy groups -OCH3 is 1. The Morgan fingerprint density at radius 2 is 1.95 bits per heavy atom. The molecule has 17 heteroatoms. The van der Waals surface area contributed by atoms with Crippen molar-refractivity contribution in [3.63, 3.8) is 0 Å². The molecule has 38 heavy (non-hydrogen) atoms. The lowest BCUT2D eigenvalue weighted by molar-refractivity contribution is -0.169. The molecule has 1 unspecified atom stereocenters. The molecule has 210 valence electrons. The van der Waals surface area contributed by atoms with Crippen LogP contribution in [0.5, 0.6) is 0 Å². The maximum Gasteiger partial charge on any atom is 0.511 e. The van der Waals surface area contributed by atoms with E-state index in [1.807, 2.05) is 0 Å². The summed E-state index contributed by atoms with van der Waals surface area (Å²) >= 11 is 2.45. The second-order valence-corrected chi connectivity index (χ2v) is 9.94. The van der Waals surface area contributed by atoms with E-state index >= 15 is 0 Å². The quantitative estimate of drug-likeness (QED) is 0.124. The minimum Gasteiger partial charge on any atom is -0.431 e. The van der Waals surface area contributed by atoms with Crippen LogP contribution in [0.2, 0.25) is 0 Å². The molecule has 0 radical (unpaired) electrons. The molecule has 0 saturated carbocycles. The van der Waals surface area contributed by atoms with Crippen molar-refractivity contribution in [1.29, 1.82) is 0 Å². The van der Waals surface area contributed by atoms with Gasteiger partial charge in [-0.3, -0.25) is 14.5 Å². The second-order valence-electron chi connectivity index (χ2n) is 7.95. The summed E-state index contributed by atoms with van der Waals surface area (Å²) in [6.45, 7) is 4.68. The molecule has 14 nitrogen and oxygen atoms in total. The Morgan fingerprint density at radius 3 is 2.53 bits per heavy atom. The molecule has 0 aromatic carbocycles. The van der Waals surface area contributed by atoms with Crippen LogP contribution in [0, 0.1) is 0 Å². The van der Waals surface area contributed by atoms with Crippen molar-refractivity contribution >= 4 is 74.9 Å². The second kappa shape index (κ2) is 13.8. The molecule has 3 N–H and O–H groups in total. The molecule has 1 fully saturated rings. The normalized spacial score (nSPS) is 19.6. The van der Waals surface area contributed by atoms with Gasteiger partial charge in [-0.2, -0.15) is 0 Å². The number of thioether (sulfide) groups is 1. The third-order valence-corrected chi connectivity index (χ3v) is 6.89. The number of rotatable bonds is 10. The van der Waals surface area contributed by atoms with Crippen molar-refractivity contribution in [3.8, 4) is 0 Å². The Hall–Kier alpha value is -2.89. The number of nitrogens with zero attached hydrogens (tertiary/aromatic N) is 3. The van der Waals surface area contributed by atoms with Crippen LogP contribution in [0.1, 0.15) is 26.5 Å². The van der Waals surface area contributed by atoms with Gasteiger partial charge in [-0.1, -0.05) is 5.16 Å². The fraction of sp³-hybridized carbons (Fsp3) is 0.524. The van der Waals surface area contributed by atoms with Crippen LogP contribution in [-0.4, -0.2) is 89.9 Å². The molecule has 1 saturated heterocycles. The average Bonchev–Trinajstić information content (AvgIpc) is 3.25. The topological polar surface area (TPSA) is 181 Å². The predicted octanol–water partition coefficient (Wildman–Crippen LogP) is 1.40. The highest BCUT2D eigenvalue weighted by molar-refractivity contribution is 8.93. The third-order valence-electron chi connectivity index (χ3n) is 4.88. The molecule has 3 heterocycles. The van der Waals surface area contributed by atoms with E-state index in [1.165, 1.54) is 43.2 Å².